The Bertz CT molecular complexity index is 771. The Labute approximate surface area is 164 Å². The first-order valence-electron chi connectivity index (χ1n) is 9.18. The molecule has 0 unspecified atom stereocenters. The third-order valence-corrected chi connectivity index (χ3v) is 5.47. The molecule has 1 aliphatic rings. The van der Waals surface area contributed by atoms with Gasteiger partial charge in [0.25, 0.3) is 5.91 Å². The van der Waals surface area contributed by atoms with Gasteiger partial charge in [0.05, 0.1) is 12.1 Å². The molecule has 1 heterocycles. The maximum Gasteiger partial charge on any atom is 0.253 e. The van der Waals surface area contributed by atoms with Crippen LogP contribution in [0.5, 0.6) is 5.75 Å². The van der Waals surface area contributed by atoms with Crippen molar-refractivity contribution in [2.24, 2.45) is 5.92 Å². The number of aliphatic hydroxyl groups is 1. The molecule has 0 radical (unpaired) electrons. The molecule has 1 saturated heterocycles. The highest BCUT2D eigenvalue weighted by Gasteiger charge is 2.23. The lowest BCUT2D eigenvalue weighted by atomic mass is 9.97. The first-order valence-corrected chi connectivity index (χ1v) is 9.55. The number of halogens is 1. The zero-order chi connectivity index (χ0) is 19.2. The molecule has 2 N–H and O–H groups in total. The van der Waals surface area contributed by atoms with Gasteiger partial charge in [-0.2, -0.15) is 0 Å². The predicted octanol–water partition coefficient (Wildman–Crippen LogP) is 3.81. The molecule has 2 aromatic carbocycles. The van der Waals surface area contributed by atoms with Gasteiger partial charge in [-0.1, -0.05) is 23.7 Å². The molecular weight excluding hydrogens is 364 g/mol. The van der Waals surface area contributed by atoms with Crippen molar-refractivity contribution in [2.75, 3.05) is 32.1 Å². The minimum absolute atomic E-state index is 0.0498. The molecule has 0 saturated carbocycles. The van der Waals surface area contributed by atoms with Crippen LogP contribution in [0.2, 0.25) is 5.02 Å². The van der Waals surface area contributed by atoms with Crippen LogP contribution in [-0.4, -0.2) is 42.7 Å². The Morgan fingerprint density at radius 1 is 1.22 bits per heavy atom. The van der Waals surface area contributed by atoms with Crippen molar-refractivity contribution in [2.45, 2.75) is 19.4 Å². The third kappa shape index (κ3) is 4.73. The summed E-state index contributed by atoms with van der Waals surface area (Å²) in [4.78, 5) is 14.5. The molecule has 0 aromatic heterocycles. The van der Waals surface area contributed by atoms with Crippen LogP contribution in [0.4, 0.5) is 5.69 Å². The molecular formula is C21H25ClN2O3. The summed E-state index contributed by atoms with van der Waals surface area (Å²) >= 11 is 6.32. The SMILES string of the molecule is COc1cccc(CNc2ccc(C(=O)N3CCC(CO)CC3)cc2)c1Cl. The fourth-order valence-electron chi connectivity index (χ4n) is 3.28. The molecule has 1 fully saturated rings. The first kappa shape index (κ1) is 19.5. The van der Waals surface area contributed by atoms with Gasteiger partial charge in [0.2, 0.25) is 0 Å². The number of ether oxygens (including phenoxy) is 1. The summed E-state index contributed by atoms with van der Waals surface area (Å²) in [7, 11) is 1.60. The maximum atomic E-state index is 12.6. The number of hydrogen-bond acceptors (Lipinski definition) is 4. The van der Waals surface area contributed by atoms with Crippen molar-refractivity contribution in [3.8, 4) is 5.75 Å². The number of piperidine rings is 1. The van der Waals surface area contributed by atoms with Crippen molar-refractivity contribution >= 4 is 23.2 Å². The summed E-state index contributed by atoms with van der Waals surface area (Å²) in [6.45, 7) is 2.19. The quantitative estimate of drug-likeness (QED) is 0.790. The van der Waals surface area contributed by atoms with E-state index in [9.17, 15) is 9.90 Å². The average molecular weight is 389 g/mol. The van der Waals surface area contributed by atoms with Crippen molar-refractivity contribution in [1.29, 1.82) is 0 Å². The zero-order valence-electron chi connectivity index (χ0n) is 15.5. The van der Waals surface area contributed by atoms with E-state index >= 15 is 0 Å². The minimum atomic E-state index is 0.0498. The van der Waals surface area contributed by atoms with E-state index in [4.69, 9.17) is 16.3 Å². The third-order valence-electron chi connectivity index (χ3n) is 5.04. The molecule has 0 spiro atoms. The largest absolute Gasteiger partial charge is 0.495 e. The van der Waals surface area contributed by atoms with Gasteiger partial charge in [-0.05, 0) is 54.7 Å². The van der Waals surface area contributed by atoms with E-state index in [0.29, 0.717) is 41.9 Å². The Kier molecular flexibility index (Phi) is 6.58. The lowest BCUT2D eigenvalue weighted by Crippen LogP contribution is -2.39. The maximum absolute atomic E-state index is 12.6. The molecule has 5 nitrogen and oxygen atoms in total. The fraction of sp³-hybridized carbons (Fsp3) is 0.381. The molecule has 2 aromatic rings. The van der Waals surface area contributed by atoms with Crippen LogP contribution in [0.1, 0.15) is 28.8 Å². The number of nitrogens with zero attached hydrogens (tertiary/aromatic N) is 1. The van der Waals surface area contributed by atoms with Gasteiger partial charge in [-0.3, -0.25) is 4.79 Å². The summed E-state index contributed by atoms with van der Waals surface area (Å²) in [5.41, 5.74) is 2.55. The van der Waals surface area contributed by atoms with E-state index in [0.717, 1.165) is 24.1 Å². The zero-order valence-corrected chi connectivity index (χ0v) is 16.2. The fourth-order valence-corrected chi connectivity index (χ4v) is 3.55. The van der Waals surface area contributed by atoms with Crippen LogP contribution in [-0.2, 0) is 6.54 Å². The number of amides is 1. The molecule has 27 heavy (non-hydrogen) atoms. The Balaban J connectivity index is 1.58. The summed E-state index contributed by atoms with van der Waals surface area (Å²) in [5.74, 6) is 1.03. The van der Waals surface area contributed by atoms with Gasteiger partial charge in [-0.15, -0.1) is 0 Å². The highest BCUT2D eigenvalue weighted by Crippen LogP contribution is 2.28. The van der Waals surface area contributed by atoms with Crippen LogP contribution < -0.4 is 10.1 Å². The number of carbonyl (C=O) groups is 1. The highest BCUT2D eigenvalue weighted by molar-refractivity contribution is 6.32. The van der Waals surface area contributed by atoms with E-state index in [1.165, 1.54) is 0 Å². The van der Waals surface area contributed by atoms with Crippen LogP contribution in [0, 0.1) is 5.92 Å². The number of carbonyl (C=O) groups excluding carboxylic acids is 1. The molecule has 0 atom stereocenters. The highest BCUT2D eigenvalue weighted by atomic mass is 35.5. The van der Waals surface area contributed by atoms with E-state index < -0.39 is 0 Å². The monoisotopic (exact) mass is 388 g/mol. The van der Waals surface area contributed by atoms with Crippen molar-refractivity contribution in [3.63, 3.8) is 0 Å². The van der Waals surface area contributed by atoms with Crippen molar-refractivity contribution in [1.82, 2.24) is 4.90 Å². The molecule has 1 aliphatic heterocycles. The lowest BCUT2D eigenvalue weighted by molar-refractivity contribution is 0.0651. The van der Waals surface area contributed by atoms with Crippen LogP contribution in [0.3, 0.4) is 0 Å². The predicted molar refractivity (Wildman–Crippen MR) is 107 cm³/mol. The topological polar surface area (TPSA) is 61.8 Å². The number of anilines is 1. The number of benzene rings is 2. The molecule has 0 bridgehead atoms. The summed E-state index contributed by atoms with van der Waals surface area (Å²) in [6.07, 6.45) is 1.73. The summed E-state index contributed by atoms with van der Waals surface area (Å²) in [5, 5.41) is 13.1. The molecule has 3 rings (SSSR count). The van der Waals surface area contributed by atoms with E-state index in [1.807, 2.05) is 47.4 Å². The second kappa shape index (κ2) is 9.11. The molecule has 0 aliphatic carbocycles. The number of rotatable bonds is 6. The second-order valence-electron chi connectivity index (χ2n) is 6.78. The number of likely N-dealkylation sites (tertiary alicyclic amines) is 1. The normalized spacial score (nSPS) is 14.9. The number of hydrogen-bond donors (Lipinski definition) is 2. The van der Waals surface area contributed by atoms with Crippen LogP contribution >= 0.6 is 11.6 Å². The lowest BCUT2D eigenvalue weighted by Gasteiger charge is -2.31. The Hall–Kier alpha value is -2.24. The Morgan fingerprint density at radius 3 is 2.56 bits per heavy atom. The average Bonchev–Trinajstić information content (AvgIpc) is 2.73. The standard InChI is InChI=1S/C21H25ClN2O3/c1-27-19-4-2-3-17(20(19)22)13-23-18-7-5-16(6-8-18)21(26)24-11-9-15(14-25)10-12-24/h2-8,15,23,25H,9-14H2,1H3. The van der Waals surface area contributed by atoms with Crippen molar-refractivity contribution < 1.29 is 14.6 Å². The number of nitrogens with one attached hydrogen (secondary N) is 1. The van der Waals surface area contributed by atoms with Crippen LogP contribution in [0.25, 0.3) is 0 Å². The number of methoxy groups -OCH3 is 1. The minimum Gasteiger partial charge on any atom is -0.495 e. The van der Waals surface area contributed by atoms with Gasteiger partial charge >= 0.3 is 0 Å². The van der Waals surface area contributed by atoms with Gasteiger partial charge in [-0.25, -0.2) is 0 Å². The molecule has 6 heteroatoms. The van der Waals surface area contributed by atoms with E-state index in [2.05, 4.69) is 5.32 Å². The smallest absolute Gasteiger partial charge is 0.253 e. The van der Waals surface area contributed by atoms with E-state index in [1.54, 1.807) is 7.11 Å². The van der Waals surface area contributed by atoms with Crippen LogP contribution in [0.15, 0.2) is 42.5 Å². The van der Waals surface area contributed by atoms with Gasteiger partial charge < -0.3 is 20.1 Å². The van der Waals surface area contributed by atoms with Gasteiger partial charge in [0.15, 0.2) is 0 Å². The molecule has 144 valence electrons. The summed E-state index contributed by atoms with van der Waals surface area (Å²) < 4.78 is 5.24. The van der Waals surface area contributed by atoms with Gasteiger partial charge in [0.1, 0.15) is 5.75 Å². The number of aliphatic hydroxyl groups excluding tert-OH is 1. The van der Waals surface area contributed by atoms with Gasteiger partial charge in [0, 0.05) is 37.5 Å². The Morgan fingerprint density at radius 2 is 1.93 bits per heavy atom. The van der Waals surface area contributed by atoms with E-state index in [-0.39, 0.29) is 12.5 Å². The second-order valence-corrected chi connectivity index (χ2v) is 7.16. The summed E-state index contributed by atoms with van der Waals surface area (Å²) in [6, 6.07) is 13.2. The van der Waals surface area contributed by atoms with Crippen molar-refractivity contribution in [3.05, 3.63) is 58.6 Å². The molecule has 1 amide bonds. The first-order chi connectivity index (χ1) is 13.1.